The quantitative estimate of drug-likeness (QED) is 0.0199. The Bertz CT molecular complexity index is 1300. The molecule has 0 radical (unpaired) electrons. The van der Waals surface area contributed by atoms with Crippen LogP contribution in [-0.2, 0) is 27.9 Å². The molecular formula is C50H84NO7P. The first-order valence-corrected chi connectivity index (χ1v) is 24.1. The number of rotatable bonds is 40. The Labute approximate surface area is 361 Å². The zero-order valence-corrected chi connectivity index (χ0v) is 38.8. The van der Waals surface area contributed by atoms with Gasteiger partial charge in [-0.2, -0.15) is 0 Å². The monoisotopic (exact) mass is 842 g/mol. The highest BCUT2D eigenvalue weighted by Crippen LogP contribution is 2.38. The van der Waals surface area contributed by atoms with Gasteiger partial charge in [0.1, 0.15) is 19.3 Å². The Kier molecular flexibility index (Phi) is 39.9. The van der Waals surface area contributed by atoms with Gasteiger partial charge >= 0.3 is 5.97 Å². The molecule has 9 heteroatoms. The predicted molar refractivity (Wildman–Crippen MR) is 249 cm³/mol. The van der Waals surface area contributed by atoms with Crippen molar-refractivity contribution < 1.29 is 37.3 Å². The number of ether oxygens (including phenoxy) is 2. The third-order valence-electron chi connectivity index (χ3n) is 8.79. The van der Waals surface area contributed by atoms with Crippen molar-refractivity contribution in [3.63, 3.8) is 0 Å². The number of phosphoric ester groups is 1. The summed E-state index contributed by atoms with van der Waals surface area (Å²) in [6, 6.07) is 0. The number of allylic oxidation sites excluding steroid dienone is 18. The van der Waals surface area contributed by atoms with Gasteiger partial charge in [-0.25, -0.2) is 0 Å². The molecule has 0 saturated heterocycles. The average Bonchev–Trinajstić information content (AvgIpc) is 3.19. The predicted octanol–water partition coefficient (Wildman–Crippen LogP) is 13.0. The van der Waals surface area contributed by atoms with Gasteiger partial charge in [-0.1, -0.05) is 149 Å². The second kappa shape index (κ2) is 41.9. The molecule has 59 heavy (non-hydrogen) atoms. The van der Waals surface area contributed by atoms with Crippen LogP contribution in [0.5, 0.6) is 0 Å². The summed E-state index contributed by atoms with van der Waals surface area (Å²) >= 11 is 0. The lowest BCUT2D eigenvalue weighted by molar-refractivity contribution is -0.870. The molecule has 0 bridgehead atoms. The summed E-state index contributed by atoms with van der Waals surface area (Å²) in [4.78, 5) is 25.0. The molecule has 336 valence electrons. The van der Waals surface area contributed by atoms with Crippen LogP contribution in [0.2, 0.25) is 0 Å². The first kappa shape index (κ1) is 56.2. The van der Waals surface area contributed by atoms with Crippen molar-refractivity contribution in [1.82, 2.24) is 0 Å². The molecule has 0 spiro atoms. The van der Waals surface area contributed by atoms with Gasteiger partial charge in [0.15, 0.2) is 0 Å². The van der Waals surface area contributed by atoms with Crippen LogP contribution in [0.3, 0.4) is 0 Å². The lowest BCUT2D eigenvalue weighted by Crippen LogP contribution is -2.37. The fourth-order valence-electron chi connectivity index (χ4n) is 5.33. The van der Waals surface area contributed by atoms with Crippen molar-refractivity contribution in [3.05, 3.63) is 109 Å². The van der Waals surface area contributed by atoms with Crippen LogP contribution >= 0.6 is 7.82 Å². The van der Waals surface area contributed by atoms with E-state index in [1.807, 2.05) is 21.1 Å². The maximum atomic E-state index is 12.7. The fraction of sp³-hybridized carbons (Fsp3) is 0.620. The summed E-state index contributed by atoms with van der Waals surface area (Å²) in [5.74, 6) is -0.370. The molecule has 2 atom stereocenters. The molecule has 8 nitrogen and oxygen atoms in total. The first-order chi connectivity index (χ1) is 28.6. The Hall–Kier alpha value is -2.84. The Morgan fingerprint density at radius 1 is 0.542 bits per heavy atom. The zero-order chi connectivity index (χ0) is 43.4. The topological polar surface area (TPSA) is 94.1 Å². The average molecular weight is 842 g/mol. The van der Waals surface area contributed by atoms with Gasteiger partial charge < -0.3 is 27.9 Å². The summed E-state index contributed by atoms with van der Waals surface area (Å²) < 4.78 is 34.5. The molecule has 0 aliphatic heterocycles. The zero-order valence-electron chi connectivity index (χ0n) is 37.9. The van der Waals surface area contributed by atoms with Crippen LogP contribution < -0.4 is 4.89 Å². The highest BCUT2D eigenvalue weighted by molar-refractivity contribution is 7.45. The Morgan fingerprint density at radius 2 is 0.983 bits per heavy atom. The van der Waals surface area contributed by atoms with Crippen molar-refractivity contribution in [1.29, 1.82) is 0 Å². The fourth-order valence-corrected chi connectivity index (χ4v) is 6.05. The maximum absolute atomic E-state index is 12.7. The molecule has 0 aliphatic carbocycles. The second-order valence-electron chi connectivity index (χ2n) is 15.7. The first-order valence-electron chi connectivity index (χ1n) is 22.6. The van der Waals surface area contributed by atoms with E-state index >= 15 is 0 Å². The third-order valence-corrected chi connectivity index (χ3v) is 9.75. The number of quaternary nitrogens is 1. The van der Waals surface area contributed by atoms with E-state index in [9.17, 15) is 14.3 Å². The van der Waals surface area contributed by atoms with E-state index in [0.29, 0.717) is 17.6 Å². The molecule has 0 amide bonds. The number of hydrogen-bond acceptors (Lipinski definition) is 7. The van der Waals surface area contributed by atoms with E-state index in [1.165, 1.54) is 6.42 Å². The van der Waals surface area contributed by atoms with Crippen LogP contribution in [0.4, 0.5) is 0 Å². The minimum Gasteiger partial charge on any atom is -0.756 e. The smallest absolute Gasteiger partial charge is 0.306 e. The van der Waals surface area contributed by atoms with Gasteiger partial charge in [-0.15, -0.1) is 0 Å². The molecule has 2 unspecified atom stereocenters. The molecule has 0 saturated carbocycles. The number of nitrogens with zero attached hydrogens (tertiary/aromatic N) is 1. The van der Waals surface area contributed by atoms with Crippen LogP contribution in [0.15, 0.2) is 109 Å². The summed E-state index contributed by atoms with van der Waals surface area (Å²) in [6.45, 7) is 5.05. The molecule has 0 rings (SSSR count). The lowest BCUT2D eigenvalue weighted by atomic mass is 10.1. The van der Waals surface area contributed by atoms with E-state index < -0.39 is 13.9 Å². The summed E-state index contributed by atoms with van der Waals surface area (Å²) in [5, 5.41) is 0. The van der Waals surface area contributed by atoms with E-state index in [2.05, 4.69) is 123 Å². The molecule has 0 fully saturated rings. The Morgan fingerprint density at radius 3 is 1.47 bits per heavy atom. The number of esters is 1. The highest BCUT2D eigenvalue weighted by Gasteiger charge is 2.20. The van der Waals surface area contributed by atoms with E-state index in [0.717, 1.165) is 116 Å². The van der Waals surface area contributed by atoms with Crippen molar-refractivity contribution >= 4 is 13.8 Å². The normalized spacial score (nSPS) is 14.7. The largest absolute Gasteiger partial charge is 0.756 e. The standard InChI is InChI=1S/C50H84NO7P/c1-6-8-10-12-14-16-18-20-21-22-23-24-25-26-27-28-29-30-32-34-36-38-40-42-45-55-47-49(48-57-59(53,54)56-46-44-51(3,4)5)58-50(52)43-41-39-37-35-33-31-19-17-15-13-11-9-7-2/h8,10-11,13-14,16-17,19-21,23-24,26-27,29-30,34,36,49H,6-7,9,12,15,18,22,25,28,31-33,35,37-48H2,1-5H3/b10-8-,13-11-,16-14-,19-17-,21-20-,24-23-,27-26-,30-29-,36-34-. The minimum absolute atomic E-state index is 0.00769. The van der Waals surface area contributed by atoms with Crippen LogP contribution in [0.1, 0.15) is 142 Å². The second-order valence-corrected chi connectivity index (χ2v) is 17.1. The Balaban J connectivity index is 4.33. The van der Waals surface area contributed by atoms with Crippen molar-refractivity contribution in [3.8, 4) is 0 Å². The molecule has 0 aromatic rings. The van der Waals surface area contributed by atoms with E-state index in [-0.39, 0.29) is 32.2 Å². The summed E-state index contributed by atoms with van der Waals surface area (Å²) in [7, 11) is 1.29. The molecule has 0 aromatic heterocycles. The van der Waals surface area contributed by atoms with Gasteiger partial charge in [0.25, 0.3) is 7.82 Å². The minimum atomic E-state index is -4.55. The molecular weight excluding hydrogens is 758 g/mol. The van der Waals surface area contributed by atoms with Gasteiger partial charge in [0, 0.05) is 13.0 Å². The van der Waals surface area contributed by atoms with Crippen LogP contribution in [-0.4, -0.2) is 70.7 Å². The van der Waals surface area contributed by atoms with Crippen molar-refractivity contribution in [2.75, 3.05) is 54.1 Å². The number of unbranched alkanes of at least 4 members (excludes halogenated alkanes) is 8. The molecule has 0 N–H and O–H groups in total. The summed E-state index contributed by atoms with van der Waals surface area (Å²) in [6.07, 6.45) is 58.3. The SMILES string of the molecule is CC/C=C\C/C=C\C/C=C\C/C=C\C/C=C\C/C=C\C/C=C\CCCCOCC(COP(=O)([O-])OCC[N+](C)(C)C)OC(=O)CCCCCCC/C=C\C/C=C\CCC. The van der Waals surface area contributed by atoms with Crippen LogP contribution in [0.25, 0.3) is 0 Å². The molecule has 0 heterocycles. The third kappa shape index (κ3) is 46.1. The van der Waals surface area contributed by atoms with Crippen molar-refractivity contribution in [2.45, 2.75) is 148 Å². The highest BCUT2D eigenvalue weighted by atomic mass is 31.2. The number of hydrogen-bond donors (Lipinski definition) is 0. The van der Waals surface area contributed by atoms with E-state index in [1.54, 1.807) is 0 Å². The van der Waals surface area contributed by atoms with Gasteiger partial charge in [0.05, 0.1) is 34.4 Å². The molecule has 0 aromatic carbocycles. The van der Waals surface area contributed by atoms with Gasteiger partial charge in [-0.3, -0.25) is 9.36 Å². The number of carbonyl (C=O) groups excluding carboxylic acids is 1. The van der Waals surface area contributed by atoms with Crippen LogP contribution in [0, 0.1) is 0 Å². The summed E-state index contributed by atoms with van der Waals surface area (Å²) in [5.41, 5.74) is 0. The number of carbonyl (C=O) groups is 1. The van der Waals surface area contributed by atoms with Crippen molar-refractivity contribution in [2.24, 2.45) is 0 Å². The van der Waals surface area contributed by atoms with Gasteiger partial charge in [-0.05, 0) is 96.3 Å². The number of likely N-dealkylation sites (N-methyl/N-ethyl adjacent to an activating group) is 1. The lowest BCUT2D eigenvalue weighted by Gasteiger charge is -2.28. The molecule has 0 aliphatic rings. The number of phosphoric acid groups is 1. The maximum Gasteiger partial charge on any atom is 0.306 e. The van der Waals surface area contributed by atoms with E-state index in [4.69, 9.17) is 18.5 Å². The van der Waals surface area contributed by atoms with Gasteiger partial charge in [0.2, 0.25) is 0 Å².